The lowest BCUT2D eigenvalue weighted by Gasteiger charge is -2.38. The van der Waals surface area contributed by atoms with Crippen LogP contribution in [0.25, 0.3) is 0 Å². The Morgan fingerprint density at radius 2 is 1.88 bits per heavy atom. The Kier molecular flexibility index (Phi) is 8.75. The van der Waals surface area contributed by atoms with Gasteiger partial charge in [0.05, 0.1) is 22.4 Å². The third kappa shape index (κ3) is 5.95. The summed E-state index contributed by atoms with van der Waals surface area (Å²) in [6.07, 6.45) is 1.14. The van der Waals surface area contributed by atoms with E-state index in [2.05, 4.69) is 32.9 Å². The second-order valence-electron chi connectivity index (χ2n) is 11.1. The molecule has 0 radical (unpaired) electrons. The lowest BCUT2D eigenvalue weighted by atomic mass is 9.85. The van der Waals surface area contributed by atoms with Gasteiger partial charge in [0.25, 0.3) is 5.69 Å². The van der Waals surface area contributed by atoms with Gasteiger partial charge in [0.1, 0.15) is 5.02 Å². The molecule has 2 heterocycles. The number of amides is 1. The Morgan fingerprint density at radius 3 is 2.48 bits per heavy atom. The second kappa shape index (κ2) is 11.6. The smallest absolute Gasteiger partial charge is 0.289 e. The van der Waals surface area contributed by atoms with Crippen LogP contribution in [0.1, 0.15) is 68.6 Å². The molecule has 1 aliphatic heterocycles. The molecule has 2 unspecified atom stereocenters. The van der Waals surface area contributed by atoms with Gasteiger partial charge in [-0.3, -0.25) is 14.9 Å². The summed E-state index contributed by atoms with van der Waals surface area (Å²) in [4.78, 5) is 27.4. The maximum absolute atomic E-state index is 14.0. The molecule has 0 saturated carbocycles. The third-order valence-electron chi connectivity index (χ3n) is 7.47. The van der Waals surface area contributed by atoms with Crippen LogP contribution in [-0.4, -0.2) is 47.6 Å². The molecular weight excluding hydrogens is 570 g/mol. The number of halogens is 1. The van der Waals surface area contributed by atoms with E-state index in [-0.39, 0.29) is 33.8 Å². The normalized spacial score (nSPS) is 16.6. The number of carbonyl (C=O) groups excluding carboxylic acids is 1. The highest BCUT2D eigenvalue weighted by molar-refractivity contribution is 7.89. The summed E-state index contributed by atoms with van der Waals surface area (Å²) in [6, 6.07) is 12.8. The van der Waals surface area contributed by atoms with Crippen LogP contribution in [0.15, 0.2) is 58.8 Å². The predicted molar refractivity (Wildman–Crippen MR) is 158 cm³/mol. The number of benzene rings is 2. The topological polar surface area (TPSA) is 101 Å². The molecule has 1 amide bonds. The summed E-state index contributed by atoms with van der Waals surface area (Å²) >= 11 is 7.59. The molecule has 2 aromatic carbocycles. The number of hydrogen-bond acceptors (Lipinski definition) is 6. The van der Waals surface area contributed by atoms with Crippen molar-refractivity contribution in [2.75, 3.05) is 13.1 Å². The van der Waals surface area contributed by atoms with E-state index >= 15 is 0 Å². The van der Waals surface area contributed by atoms with Gasteiger partial charge in [0.2, 0.25) is 15.9 Å². The van der Waals surface area contributed by atoms with Crippen LogP contribution >= 0.6 is 22.9 Å². The minimum atomic E-state index is -4.25. The number of carbonyl (C=O) groups is 1. The average Bonchev–Trinajstić information content (AvgIpc) is 3.39. The van der Waals surface area contributed by atoms with E-state index < -0.39 is 26.7 Å². The van der Waals surface area contributed by atoms with Crippen molar-refractivity contribution in [3.8, 4) is 0 Å². The average molecular weight is 604 g/mol. The zero-order valence-corrected chi connectivity index (χ0v) is 25.6. The molecule has 11 heteroatoms. The fourth-order valence-electron chi connectivity index (χ4n) is 4.94. The predicted octanol–water partition coefficient (Wildman–Crippen LogP) is 6.57. The van der Waals surface area contributed by atoms with Crippen molar-refractivity contribution in [3.05, 3.63) is 90.6 Å². The molecule has 4 rings (SSSR count). The second-order valence-corrected chi connectivity index (χ2v) is 14.4. The van der Waals surface area contributed by atoms with Gasteiger partial charge in [-0.25, -0.2) is 8.42 Å². The first-order chi connectivity index (χ1) is 18.8. The molecule has 2 atom stereocenters. The first-order valence-corrected chi connectivity index (χ1v) is 15.9. The highest BCUT2D eigenvalue weighted by Gasteiger charge is 2.37. The molecular formula is C29H34ClN3O5S2. The first-order valence-electron chi connectivity index (χ1n) is 13.2. The van der Waals surface area contributed by atoms with E-state index in [1.807, 2.05) is 30.5 Å². The Labute approximate surface area is 244 Å². The number of nitro benzene ring substituents is 1. The zero-order chi connectivity index (χ0) is 29.4. The molecule has 8 nitrogen and oxygen atoms in total. The monoisotopic (exact) mass is 603 g/mol. The minimum absolute atomic E-state index is 0.0178. The minimum Gasteiger partial charge on any atom is -0.330 e. The van der Waals surface area contributed by atoms with Gasteiger partial charge in [-0.1, -0.05) is 63.6 Å². The van der Waals surface area contributed by atoms with Crippen molar-refractivity contribution in [1.29, 1.82) is 0 Å². The van der Waals surface area contributed by atoms with E-state index in [0.717, 1.165) is 21.5 Å². The number of nitrogens with zero attached hydrogens (tertiary/aromatic N) is 3. The van der Waals surface area contributed by atoms with Gasteiger partial charge in [-0.05, 0) is 65.4 Å². The number of hydrogen-bond donors (Lipinski definition) is 0. The maximum atomic E-state index is 14.0. The van der Waals surface area contributed by atoms with Gasteiger partial charge in [-0.15, -0.1) is 11.3 Å². The van der Waals surface area contributed by atoms with E-state index in [9.17, 15) is 23.3 Å². The summed E-state index contributed by atoms with van der Waals surface area (Å²) < 4.78 is 28.7. The van der Waals surface area contributed by atoms with Crippen LogP contribution in [0.5, 0.6) is 0 Å². The standard InChI is InChI=1S/C29H34ClN3O5S2/c1-6-19(2)32(40(37,38)22-11-12-24(30)25(17-22)33(35)36)18-27(34)31-15-13-26-23(14-16-39-26)28(31)20-7-9-21(10-8-20)29(3,4)5/h7-12,14,16-17,19,28H,6,13,15,18H2,1-5H3. The van der Waals surface area contributed by atoms with Gasteiger partial charge in [-0.2, -0.15) is 4.31 Å². The molecule has 214 valence electrons. The lowest BCUT2D eigenvalue weighted by molar-refractivity contribution is -0.384. The zero-order valence-electron chi connectivity index (χ0n) is 23.3. The molecule has 1 aliphatic rings. The van der Waals surface area contributed by atoms with Crippen LogP contribution < -0.4 is 0 Å². The highest BCUT2D eigenvalue weighted by Crippen LogP contribution is 2.39. The van der Waals surface area contributed by atoms with E-state index in [4.69, 9.17) is 11.6 Å². The number of sulfonamides is 1. The molecule has 40 heavy (non-hydrogen) atoms. The molecule has 0 fully saturated rings. The number of thiophene rings is 1. The summed E-state index contributed by atoms with van der Waals surface area (Å²) in [7, 11) is -4.25. The van der Waals surface area contributed by atoms with Crippen LogP contribution in [0.4, 0.5) is 5.69 Å². The number of fused-ring (bicyclic) bond motifs is 1. The van der Waals surface area contributed by atoms with Gasteiger partial charge in [0.15, 0.2) is 0 Å². The fraction of sp³-hybridized carbons (Fsp3) is 0.414. The number of nitro groups is 1. The molecule has 0 saturated heterocycles. The van der Waals surface area contributed by atoms with Gasteiger partial charge >= 0.3 is 0 Å². The highest BCUT2D eigenvalue weighted by atomic mass is 35.5. The number of rotatable bonds is 8. The quantitative estimate of drug-likeness (QED) is 0.214. The van der Waals surface area contributed by atoms with Crippen LogP contribution in [-0.2, 0) is 26.7 Å². The molecule has 3 aromatic rings. The summed E-state index contributed by atoms with van der Waals surface area (Å²) in [5.74, 6) is -0.325. The van der Waals surface area contributed by atoms with Crippen LogP contribution in [0.2, 0.25) is 5.02 Å². The molecule has 0 bridgehead atoms. The van der Waals surface area contributed by atoms with Gasteiger partial charge < -0.3 is 4.90 Å². The van der Waals surface area contributed by atoms with E-state index in [1.165, 1.54) is 22.6 Å². The summed E-state index contributed by atoms with van der Waals surface area (Å²) in [6.45, 7) is 10.1. The van der Waals surface area contributed by atoms with Crippen molar-refractivity contribution in [1.82, 2.24) is 9.21 Å². The van der Waals surface area contributed by atoms with Crippen molar-refractivity contribution in [2.24, 2.45) is 0 Å². The van der Waals surface area contributed by atoms with Crippen LogP contribution in [0, 0.1) is 10.1 Å². The molecule has 0 N–H and O–H groups in total. The SMILES string of the molecule is CCC(C)N(CC(=O)N1CCc2sccc2C1c1ccc(C(C)(C)C)cc1)S(=O)(=O)c1ccc(Cl)c([N+](=O)[O-])c1. The van der Waals surface area contributed by atoms with E-state index in [1.54, 1.807) is 23.2 Å². The molecule has 0 aliphatic carbocycles. The molecule has 0 spiro atoms. The summed E-state index contributed by atoms with van der Waals surface area (Å²) in [5, 5.41) is 13.3. The lowest BCUT2D eigenvalue weighted by Crippen LogP contribution is -2.49. The Bertz CT molecular complexity index is 1510. The largest absolute Gasteiger partial charge is 0.330 e. The maximum Gasteiger partial charge on any atom is 0.289 e. The third-order valence-corrected chi connectivity index (χ3v) is 10.7. The van der Waals surface area contributed by atoms with E-state index in [0.29, 0.717) is 19.4 Å². The van der Waals surface area contributed by atoms with Crippen molar-refractivity contribution < 1.29 is 18.1 Å². The van der Waals surface area contributed by atoms with Crippen molar-refractivity contribution in [3.63, 3.8) is 0 Å². The first kappa shape index (κ1) is 30.2. The summed E-state index contributed by atoms with van der Waals surface area (Å²) in [5.41, 5.74) is 2.68. The van der Waals surface area contributed by atoms with Crippen LogP contribution in [0.3, 0.4) is 0 Å². The van der Waals surface area contributed by atoms with Crippen molar-refractivity contribution >= 4 is 44.6 Å². The fourth-order valence-corrected chi connectivity index (χ4v) is 7.71. The molecule has 1 aromatic heterocycles. The Morgan fingerprint density at radius 1 is 1.20 bits per heavy atom. The Hall–Kier alpha value is -2.79. The Balaban J connectivity index is 1.70. The van der Waals surface area contributed by atoms with Gasteiger partial charge in [0, 0.05) is 23.5 Å². The van der Waals surface area contributed by atoms with Crippen molar-refractivity contribution in [2.45, 2.75) is 69.9 Å².